The van der Waals surface area contributed by atoms with E-state index < -0.39 is 35.5 Å². The molecule has 1 aliphatic carbocycles. The lowest BCUT2D eigenvalue weighted by atomic mass is 10.2. The highest BCUT2D eigenvalue weighted by Crippen LogP contribution is 2.19. The summed E-state index contributed by atoms with van der Waals surface area (Å²) >= 11 is 0. The predicted octanol–water partition coefficient (Wildman–Crippen LogP) is 0.728. The molecule has 1 unspecified atom stereocenters. The topological polar surface area (TPSA) is 97.8 Å². The molecule has 1 aliphatic heterocycles. The minimum Gasteiger partial charge on any atom is -0.446 e. The number of hydrogen-bond acceptors (Lipinski definition) is 6. The molecule has 2 rings (SSSR count). The van der Waals surface area contributed by atoms with Crippen molar-refractivity contribution in [1.29, 1.82) is 0 Å². The molecule has 0 N–H and O–H groups in total. The molecule has 2 aliphatic rings. The van der Waals surface area contributed by atoms with Crippen LogP contribution in [0.15, 0.2) is 24.3 Å². The molecule has 0 spiro atoms. The molecule has 0 aromatic rings. The van der Waals surface area contributed by atoms with E-state index in [1.165, 1.54) is 0 Å². The van der Waals surface area contributed by atoms with Crippen molar-refractivity contribution in [3.63, 3.8) is 0 Å². The van der Waals surface area contributed by atoms with Gasteiger partial charge < -0.3 is 4.74 Å². The lowest BCUT2D eigenvalue weighted by Crippen LogP contribution is -2.32. The van der Waals surface area contributed by atoms with Crippen LogP contribution in [0.2, 0.25) is 0 Å². The minimum atomic E-state index is -1.39. The lowest BCUT2D eigenvalue weighted by Gasteiger charge is -2.13. The number of ether oxygens (including phenoxy) is 1. The number of rotatable bonds is 5. The summed E-state index contributed by atoms with van der Waals surface area (Å²) < 4.78 is 4.82. The van der Waals surface area contributed by atoms with E-state index in [0.717, 1.165) is 17.1 Å². The monoisotopic (exact) mass is 321 g/mol. The lowest BCUT2D eigenvalue weighted by molar-refractivity contribution is -0.157. The van der Waals surface area contributed by atoms with Crippen LogP contribution in [0.25, 0.3) is 0 Å². The Kier molecular flexibility index (Phi) is 6.56. The van der Waals surface area contributed by atoms with Crippen molar-refractivity contribution in [2.24, 2.45) is 0 Å². The summed E-state index contributed by atoms with van der Waals surface area (Å²) in [7, 11) is 0. The molecular formula is C16H19NO6. The van der Waals surface area contributed by atoms with E-state index in [9.17, 15) is 24.0 Å². The van der Waals surface area contributed by atoms with Gasteiger partial charge in [-0.25, -0.2) is 0 Å². The third kappa shape index (κ3) is 4.45. The standard InChI is InChI=1S/C14H13NO6.C2H6/c1-8-7-9(16)14(13(8)20)21-12(19)3-2-6-15-10(17)4-5-11(15)18;1-2/h4-5,14H,1-3,6-7H2;1-2H3. The first-order valence-electron chi connectivity index (χ1n) is 7.38. The number of carbonyl (C=O) groups is 5. The molecule has 0 saturated heterocycles. The van der Waals surface area contributed by atoms with Gasteiger partial charge >= 0.3 is 5.97 Å². The SMILES string of the molecule is C=C1CC(=O)C(OC(=O)CCCN2C(=O)C=CC2=O)C1=O.CC. The Balaban J connectivity index is 0.00000127. The van der Waals surface area contributed by atoms with Gasteiger partial charge in [-0.3, -0.25) is 28.9 Å². The molecule has 7 heteroatoms. The number of ketones is 2. The van der Waals surface area contributed by atoms with E-state index in [-0.39, 0.29) is 31.4 Å². The van der Waals surface area contributed by atoms with E-state index >= 15 is 0 Å². The predicted molar refractivity (Wildman–Crippen MR) is 80.1 cm³/mol. The van der Waals surface area contributed by atoms with Gasteiger partial charge in [0, 0.05) is 31.5 Å². The highest BCUT2D eigenvalue weighted by atomic mass is 16.6. The zero-order valence-corrected chi connectivity index (χ0v) is 13.2. The van der Waals surface area contributed by atoms with E-state index in [4.69, 9.17) is 4.74 Å². The number of nitrogens with zero attached hydrogens (tertiary/aromatic N) is 1. The van der Waals surface area contributed by atoms with Gasteiger partial charge in [-0.05, 0) is 12.0 Å². The van der Waals surface area contributed by atoms with Crippen LogP contribution in [-0.2, 0) is 28.7 Å². The fourth-order valence-corrected chi connectivity index (χ4v) is 2.06. The molecule has 1 atom stereocenters. The second kappa shape index (κ2) is 8.17. The molecule has 0 radical (unpaired) electrons. The first-order valence-corrected chi connectivity index (χ1v) is 7.38. The van der Waals surface area contributed by atoms with Gasteiger partial charge in [0.05, 0.1) is 0 Å². The maximum Gasteiger partial charge on any atom is 0.307 e. The quantitative estimate of drug-likeness (QED) is 0.320. The summed E-state index contributed by atoms with van der Waals surface area (Å²) in [6.07, 6.45) is 0.930. The summed E-state index contributed by atoms with van der Waals surface area (Å²) in [6, 6.07) is 0. The van der Waals surface area contributed by atoms with E-state index in [0.29, 0.717) is 0 Å². The van der Waals surface area contributed by atoms with Crippen LogP contribution < -0.4 is 0 Å². The number of esters is 1. The van der Waals surface area contributed by atoms with Gasteiger partial charge in [-0.15, -0.1) is 0 Å². The van der Waals surface area contributed by atoms with Crippen LogP contribution in [0.3, 0.4) is 0 Å². The highest BCUT2D eigenvalue weighted by molar-refractivity contribution is 6.21. The molecule has 7 nitrogen and oxygen atoms in total. The zero-order chi connectivity index (χ0) is 17.6. The number of amides is 2. The minimum absolute atomic E-state index is 0.0824. The number of Topliss-reactive ketones (excluding diaryl/α,β-unsaturated/α-hetero) is 2. The second-order valence-corrected chi connectivity index (χ2v) is 4.75. The van der Waals surface area contributed by atoms with Crippen molar-refractivity contribution < 1.29 is 28.7 Å². The molecule has 124 valence electrons. The van der Waals surface area contributed by atoms with Gasteiger partial charge in [0.2, 0.25) is 11.9 Å². The number of carbonyl (C=O) groups excluding carboxylic acids is 5. The summed E-state index contributed by atoms with van der Waals surface area (Å²) in [4.78, 5) is 58.1. The third-order valence-electron chi connectivity index (χ3n) is 3.18. The van der Waals surface area contributed by atoms with Gasteiger partial charge in [0.1, 0.15) is 0 Å². The average molecular weight is 321 g/mol. The molecule has 23 heavy (non-hydrogen) atoms. The second-order valence-electron chi connectivity index (χ2n) is 4.75. The largest absolute Gasteiger partial charge is 0.446 e. The van der Waals surface area contributed by atoms with E-state index in [1.54, 1.807) is 0 Å². The van der Waals surface area contributed by atoms with Gasteiger partial charge in [-0.1, -0.05) is 20.4 Å². The van der Waals surface area contributed by atoms with Crippen molar-refractivity contribution in [2.45, 2.75) is 39.2 Å². The Hall–Kier alpha value is -2.57. The van der Waals surface area contributed by atoms with Crippen molar-refractivity contribution in [3.8, 4) is 0 Å². The Bertz CT molecular complexity index is 571. The van der Waals surface area contributed by atoms with Crippen LogP contribution in [0.1, 0.15) is 33.1 Å². The molecule has 2 amide bonds. The van der Waals surface area contributed by atoms with Crippen molar-refractivity contribution in [2.75, 3.05) is 6.54 Å². The maximum atomic E-state index is 11.6. The first-order chi connectivity index (χ1) is 10.9. The first kappa shape index (κ1) is 18.5. The van der Waals surface area contributed by atoms with Gasteiger partial charge in [0.25, 0.3) is 11.8 Å². The van der Waals surface area contributed by atoms with Gasteiger partial charge in [0.15, 0.2) is 5.78 Å². The molecule has 0 bridgehead atoms. The normalized spacial score (nSPS) is 20.0. The summed E-state index contributed by atoms with van der Waals surface area (Å²) in [6.45, 7) is 7.51. The van der Waals surface area contributed by atoms with E-state index in [1.807, 2.05) is 13.8 Å². The van der Waals surface area contributed by atoms with Crippen LogP contribution in [0, 0.1) is 0 Å². The van der Waals surface area contributed by atoms with Crippen LogP contribution in [0.4, 0.5) is 0 Å². The van der Waals surface area contributed by atoms with Crippen LogP contribution >= 0.6 is 0 Å². The number of hydrogen-bond donors (Lipinski definition) is 0. The third-order valence-corrected chi connectivity index (χ3v) is 3.18. The van der Waals surface area contributed by atoms with Crippen molar-refractivity contribution in [3.05, 3.63) is 24.3 Å². The van der Waals surface area contributed by atoms with Crippen LogP contribution in [0.5, 0.6) is 0 Å². The summed E-state index contributed by atoms with van der Waals surface area (Å²) in [5.74, 6) is -2.62. The van der Waals surface area contributed by atoms with Crippen molar-refractivity contribution in [1.82, 2.24) is 4.90 Å². The molecule has 0 aromatic heterocycles. The van der Waals surface area contributed by atoms with Gasteiger partial charge in [-0.2, -0.15) is 0 Å². The Morgan fingerprint density at radius 2 is 1.78 bits per heavy atom. The molecule has 1 heterocycles. The average Bonchev–Trinajstić information content (AvgIpc) is 2.96. The summed E-state index contributed by atoms with van der Waals surface area (Å²) in [5, 5.41) is 0. The maximum absolute atomic E-state index is 11.6. The number of imide groups is 1. The smallest absolute Gasteiger partial charge is 0.307 e. The Morgan fingerprint density at radius 3 is 2.26 bits per heavy atom. The Labute approximate surface area is 134 Å². The molecule has 1 saturated carbocycles. The molecular weight excluding hydrogens is 302 g/mol. The summed E-state index contributed by atoms with van der Waals surface area (Å²) in [5.41, 5.74) is 0.136. The Morgan fingerprint density at radius 1 is 1.22 bits per heavy atom. The molecule has 1 fully saturated rings. The zero-order valence-electron chi connectivity index (χ0n) is 13.2. The van der Waals surface area contributed by atoms with Crippen molar-refractivity contribution >= 4 is 29.4 Å². The highest BCUT2D eigenvalue weighted by Gasteiger charge is 2.39. The van der Waals surface area contributed by atoms with Crippen LogP contribution in [-0.4, -0.2) is 46.9 Å². The fraction of sp³-hybridized carbons (Fsp3) is 0.438. The fourth-order valence-electron chi connectivity index (χ4n) is 2.06. The molecule has 0 aromatic carbocycles. The van der Waals surface area contributed by atoms with E-state index in [2.05, 4.69) is 6.58 Å².